The Labute approximate surface area is 239 Å². The number of hydrogen-bond acceptors (Lipinski definition) is 8. The molecule has 6 rings (SSSR count). The topological polar surface area (TPSA) is 119 Å². The van der Waals surface area contributed by atoms with Gasteiger partial charge in [0.2, 0.25) is 5.89 Å². The zero-order valence-electron chi connectivity index (χ0n) is 21.9. The van der Waals surface area contributed by atoms with Crippen LogP contribution in [0, 0.1) is 5.82 Å². The van der Waals surface area contributed by atoms with Gasteiger partial charge in [-0.05, 0) is 62.3 Å². The lowest BCUT2D eigenvalue weighted by atomic mass is 9.93. The largest absolute Gasteiger partial charge is 0.478 e. The number of likely N-dealkylation sites (tertiary alicyclic amines) is 1. The second-order valence-electron chi connectivity index (χ2n) is 9.89. The predicted octanol–water partition coefficient (Wildman–Crippen LogP) is 5.31. The average Bonchev–Trinajstić information content (AvgIpc) is 3.61. The van der Waals surface area contributed by atoms with Crippen LogP contribution in [-0.2, 0) is 19.7 Å². The monoisotopic (exact) mass is 576 g/mol. The van der Waals surface area contributed by atoms with Crippen LogP contribution in [0.3, 0.4) is 0 Å². The summed E-state index contributed by atoms with van der Waals surface area (Å²) in [6.07, 6.45) is 6.53. The maximum Gasteiger partial charge on any atom is 0.335 e. The fourth-order valence-corrected chi connectivity index (χ4v) is 5.25. The van der Waals surface area contributed by atoms with Crippen LogP contribution in [0.1, 0.15) is 52.1 Å². The van der Waals surface area contributed by atoms with Crippen molar-refractivity contribution in [1.82, 2.24) is 29.4 Å². The van der Waals surface area contributed by atoms with Gasteiger partial charge in [0.1, 0.15) is 31.1 Å². The summed E-state index contributed by atoms with van der Waals surface area (Å²) >= 11 is 5.83. The van der Waals surface area contributed by atoms with Crippen LogP contribution in [0.5, 0.6) is 6.01 Å². The first kappa shape index (κ1) is 26.9. The minimum absolute atomic E-state index is 0.00733. The normalized spacial score (nSPS) is 14.5. The van der Waals surface area contributed by atoms with Gasteiger partial charge in [-0.25, -0.2) is 24.1 Å². The van der Waals surface area contributed by atoms with Crippen LogP contribution in [0.15, 0.2) is 65.5 Å². The third kappa shape index (κ3) is 6.06. The lowest BCUT2D eigenvalue weighted by molar-refractivity contribution is 0.0697. The highest BCUT2D eigenvalue weighted by Gasteiger charge is 2.24. The van der Waals surface area contributed by atoms with E-state index in [2.05, 4.69) is 19.9 Å². The average molecular weight is 577 g/mol. The van der Waals surface area contributed by atoms with Crippen molar-refractivity contribution in [3.8, 4) is 6.01 Å². The molecule has 210 valence electrons. The molecule has 10 nitrogen and oxygen atoms in total. The number of halogens is 2. The van der Waals surface area contributed by atoms with Crippen molar-refractivity contribution in [2.45, 2.75) is 38.5 Å². The number of ether oxygens (including phenoxy) is 1. The van der Waals surface area contributed by atoms with E-state index in [0.29, 0.717) is 29.6 Å². The molecule has 4 heterocycles. The van der Waals surface area contributed by atoms with Gasteiger partial charge in [-0.15, -0.1) is 0 Å². The fraction of sp³-hybridized carbons (Fsp3) is 0.276. The molecule has 1 fully saturated rings. The number of imidazole rings is 1. The van der Waals surface area contributed by atoms with E-state index >= 15 is 0 Å². The van der Waals surface area contributed by atoms with Gasteiger partial charge in [-0.3, -0.25) is 4.90 Å². The fourth-order valence-electron chi connectivity index (χ4n) is 5.09. The van der Waals surface area contributed by atoms with Gasteiger partial charge < -0.3 is 18.8 Å². The van der Waals surface area contributed by atoms with E-state index in [-0.39, 0.29) is 24.1 Å². The molecule has 0 radical (unpaired) electrons. The molecule has 5 aromatic rings. The van der Waals surface area contributed by atoms with Crippen LogP contribution in [0.2, 0.25) is 5.02 Å². The SMILES string of the molecule is O=C(O)c1ccc2nc(CN3CCC(c4ccnc(OCc5ccc(Cl)cc5F)n4)CC3)n(Cc3ncco3)c2c1. The molecular formula is C29H26ClFN6O4. The van der Waals surface area contributed by atoms with Gasteiger partial charge in [0.25, 0.3) is 0 Å². The highest BCUT2D eigenvalue weighted by atomic mass is 35.5. The Hall–Kier alpha value is -4.35. The van der Waals surface area contributed by atoms with Crippen molar-refractivity contribution < 1.29 is 23.4 Å². The first-order chi connectivity index (χ1) is 19.9. The van der Waals surface area contributed by atoms with E-state index in [1.165, 1.54) is 12.3 Å². The minimum Gasteiger partial charge on any atom is -0.478 e. The summed E-state index contributed by atoms with van der Waals surface area (Å²) < 4.78 is 27.2. The van der Waals surface area contributed by atoms with Crippen LogP contribution in [0.25, 0.3) is 11.0 Å². The number of benzene rings is 2. The number of hydrogen-bond donors (Lipinski definition) is 1. The third-order valence-corrected chi connectivity index (χ3v) is 7.48. The molecule has 0 aliphatic carbocycles. The lowest BCUT2D eigenvalue weighted by Crippen LogP contribution is -2.33. The lowest BCUT2D eigenvalue weighted by Gasteiger charge is -2.31. The Morgan fingerprint density at radius 2 is 1.93 bits per heavy atom. The van der Waals surface area contributed by atoms with Crippen LogP contribution >= 0.6 is 11.6 Å². The molecule has 0 saturated carbocycles. The first-order valence-electron chi connectivity index (χ1n) is 13.2. The van der Waals surface area contributed by atoms with Gasteiger partial charge in [-0.1, -0.05) is 17.7 Å². The maximum atomic E-state index is 14.1. The Bertz CT molecular complexity index is 1680. The summed E-state index contributed by atoms with van der Waals surface area (Å²) in [5, 5.41) is 9.82. The molecule has 1 aliphatic heterocycles. The van der Waals surface area contributed by atoms with Crippen LogP contribution in [-0.4, -0.2) is 53.6 Å². The quantitative estimate of drug-likeness (QED) is 0.249. The van der Waals surface area contributed by atoms with Crippen molar-refractivity contribution in [1.29, 1.82) is 0 Å². The third-order valence-electron chi connectivity index (χ3n) is 7.25. The number of carboxylic acids is 1. The molecule has 2 aromatic carbocycles. The molecule has 41 heavy (non-hydrogen) atoms. The van der Waals surface area contributed by atoms with E-state index < -0.39 is 11.8 Å². The summed E-state index contributed by atoms with van der Waals surface area (Å²) in [5.74, 6) is 0.136. The van der Waals surface area contributed by atoms with Gasteiger partial charge in [-0.2, -0.15) is 4.98 Å². The molecule has 0 atom stereocenters. The van der Waals surface area contributed by atoms with Gasteiger partial charge in [0.05, 0.1) is 35.0 Å². The summed E-state index contributed by atoms with van der Waals surface area (Å²) in [6.45, 7) is 2.59. The second-order valence-corrected chi connectivity index (χ2v) is 10.3. The summed E-state index contributed by atoms with van der Waals surface area (Å²) in [5.41, 5.74) is 2.91. The van der Waals surface area contributed by atoms with Crippen molar-refractivity contribution in [3.05, 3.63) is 100 Å². The number of rotatable bonds is 9. The molecule has 0 amide bonds. The number of fused-ring (bicyclic) bond motifs is 1. The predicted molar refractivity (Wildman–Crippen MR) is 147 cm³/mol. The number of carboxylic acid groups (broad SMARTS) is 1. The number of piperidine rings is 1. The molecule has 1 aliphatic rings. The number of carbonyl (C=O) groups is 1. The Balaban J connectivity index is 1.13. The number of aromatic nitrogens is 5. The summed E-state index contributed by atoms with van der Waals surface area (Å²) in [4.78, 5) is 31.8. The molecule has 12 heteroatoms. The molecule has 1 N–H and O–H groups in total. The molecule has 0 bridgehead atoms. The Morgan fingerprint density at radius 3 is 2.68 bits per heavy atom. The first-order valence-corrected chi connectivity index (χ1v) is 13.5. The minimum atomic E-state index is -0.991. The smallest absolute Gasteiger partial charge is 0.335 e. The second kappa shape index (κ2) is 11.6. The molecular weight excluding hydrogens is 551 g/mol. The summed E-state index contributed by atoms with van der Waals surface area (Å²) in [6, 6.07) is 11.5. The number of aromatic carboxylic acids is 1. The van der Waals surface area contributed by atoms with Gasteiger partial charge in [0.15, 0.2) is 0 Å². The Kier molecular flexibility index (Phi) is 7.62. The zero-order valence-corrected chi connectivity index (χ0v) is 22.7. The van der Waals surface area contributed by atoms with E-state index in [9.17, 15) is 14.3 Å². The Morgan fingerprint density at radius 1 is 1.07 bits per heavy atom. The molecule has 0 unspecified atom stereocenters. The number of nitrogens with zero attached hydrogens (tertiary/aromatic N) is 6. The molecule has 3 aromatic heterocycles. The highest BCUT2D eigenvalue weighted by Crippen LogP contribution is 2.29. The van der Waals surface area contributed by atoms with Gasteiger partial charge in [0, 0.05) is 22.7 Å². The van der Waals surface area contributed by atoms with E-state index in [0.717, 1.165) is 48.5 Å². The van der Waals surface area contributed by atoms with E-state index in [4.69, 9.17) is 25.7 Å². The van der Waals surface area contributed by atoms with Crippen molar-refractivity contribution in [2.24, 2.45) is 0 Å². The van der Waals surface area contributed by atoms with E-state index in [1.807, 2.05) is 10.6 Å². The maximum absolute atomic E-state index is 14.1. The standard InChI is InChI=1S/C29H26ClFN6O4/c30-21-3-1-20(22(31)14-21)17-41-29-33-8-5-23(35-29)18-6-10-36(11-7-18)15-26-34-24-4-2-19(28(38)39)13-25(24)37(26)16-27-32-9-12-40-27/h1-5,8-9,12-14,18H,6-7,10-11,15-17H2,(H,38,39). The molecule has 1 saturated heterocycles. The number of oxazole rings is 1. The summed E-state index contributed by atoms with van der Waals surface area (Å²) in [7, 11) is 0. The van der Waals surface area contributed by atoms with Crippen LogP contribution in [0.4, 0.5) is 4.39 Å². The zero-order chi connectivity index (χ0) is 28.3. The van der Waals surface area contributed by atoms with Crippen molar-refractivity contribution >= 4 is 28.6 Å². The van der Waals surface area contributed by atoms with Crippen molar-refractivity contribution in [3.63, 3.8) is 0 Å². The van der Waals surface area contributed by atoms with Crippen LogP contribution < -0.4 is 4.74 Å². The van der Waals surface area contributed by atoms with Crippen molar-refractivity contribution in [2.75, 3.05) is 13.1 Å². The molecule has 0 spiro atoms. The van der Waals surface area contributed by atoms with E-state index in [1.54, 1.807) is 42.7 Å². The highest BCUT2D eigenvalue weighted by molar-refractivity contribution is 6.30. The van der Waals surface area contributed by atoms with Gasteiger partial charge >= 0.3 is 12.0 Å².